The summed E-state index contributed by atoms with van der Waals surface area (Å²) >= 11 is 1.15. The molecule has 0 unspecified atom stereocenters. The lowest BCUT2D eigenvalue weighted by Gasteiger charge is -2.04. The molecule has 6 nitrogen and oxygen atoms in total. The van der Waals surface area contributed by atoms with E-state index in [1.165, 1.54) is 5.38 Å². The molecule has 0 saturated heterocycles. The van der Waals surface area contributed by atoms with Crippen molar-refractivity contribution in [2.24, 2.45) is 5.10 Å². The molecule has 2 N–H and O–H groups in total. The lowest BCUT2D eigenvalue weighted by atomic mass is 10.3. The van der Waals surface area contributed by atoms with Crippen LogP contribution in [-0.4, -0.2) is 22.4 Å². The van der Waals surface area contributed by atoms with Crippen molar-refractivity contribution in [3.05, 3.63) is 34.7 Å². The molecule has 1 heterocycles. The summed E-state index contributed by atoms with van der Waals surface area (Å²) in [6.45, 7) is 2.52. The summed E-state index contributed by atoms with van der Waals surface area (Å²) in [5.41, 5.74) is 3.61. The molecule has 2 rings (SSSR count). The zero-order valence-electron chi connectivity index (χ0n) is 10.7. The highest BCUT2D eigenvalue weighted by Crippen LogP contribution is 2.17. The number of thiazole rings is 1. The first-order chi connectivity index (χ1) is 9.72. The summed E-state index contributed by atoms with van der Waals surface area (Å²) < 4.78 is 5.33. The van der Waals surface area contributed by atoms with Gasteiger partial charge in [0, 0.05) is 0 Å². The fourth-order valence-corrected chi connectivity index (χ4v) is 2.03. The first-order valence-corrected chi connectivity index (χ1v) is 6.72. The van der Waals surface area contributed by atoms with Crippen LogP contribution in [-0.2, 0) is 0 Å². The molecule has 1 aromatic heterocycles. The number of aromatic hydroxyl groups is 1. The van der Waals surface area contributed by atoms with Gasteiger partial charge in [-0.2, -0.15) is 15.3 Å². The van der Waals surface area contributed by atoms with Gasteiger partial charge >= 0.3 is 0 Å². The number of hydrazone groups is 1. The molecular formula is C13H12N4O2S. The summed E-state index contributed by atoms with van der Waals surface area (Å²) in [4.78, 5) is 3.79. The van der Waals surface area contributed by atoms with Crippen molar-refractivity contribution in [3.8, 4) is 17.7 Å². The molecule has 0 atom stereocenters. The van der Waals surface area contributed by atoms with Crippen molar-refractivity contribution < 1.29 is 9.84 Å². The van der Waals surface area contributed by atoms with Gasteiger partial charge in [-0.15, -0.1) is 11.3 Å². The highest BCUT2D eigenvalue weighted by molar-refractivity contribution is 7.12. The minimum Gasteiger partial charge on any atom is -0.494 e. The van der Waals surface area contributed by atoms with E-state index in [-0.39, 0.29) is 11.6 Å². The summed E-state index contributed by atoms with van der Waals surface area (Å²) in [6.07, 6.45) is 0. The van der Waals surface area contributed by atoms with Gasteiger partial charge in [-0.25, -0.2) is 0 Å². The zero-order valence-corrected chi connectivity index (χ0v) is 11.5. The smallest absolute Gasteiger partial charge is 0.222 e. The van der Waals surface area contributed by atoms with Crippen LogP contribution in [0.5, 0.6) is 11.6 Å². The minimum atomic E-state index is -0.117. The second kappa shape index (κ2) is 6.54. The zero-order chi connectivity index (χ0) is 14.4. The number of anilines is 1. The Labute approximate surface area is 120 Å². The molecule has 0 bridgehead atoms. The fourth-order valence-electron chi connectivity index (χ4n) is 1.41. The predicted octanol–water partition coefficient (Wildman–Crippen LogP) is 2.59. The number of hydrogen-bond acceptors (Lipinski definition) is 7. The number of nitrogens with one attached hydrogen (secondary N) is 1. The van der Waals surface area contributed by atoms with E-state index in [2.05, 4.69) is 15.5 Å². The Kier molecular flexibility index (Phi) is 4.52. The average Bonchev–Trinajstić information content (AvgIpc) is 2.88. The number of ether oxygens (including phenoxy) is 1. The van der Waals surface area contributed by atoms with E-state index < -0.39 is 0 Å². The van der Waals surface area contributed by atoms with Gasteiger partial charge in [-0.1, -0.05) is 0 Å². The molecular weight excluding hydrogens is 276 g/mol. The Hall–Kier alpha value is -2.59. The Bertz CT molecular complexity index is 643. The SMILES string of the molecule is CCOc1ccc(N/N=C(/C#N)c2nc(O)cs2)cc1. The third kappa shape index (κ3) is 3.46. The quantitative estimate of drug-likeness (QED) is 0.652. The minimum absolute atomic E-state index is 0.115. The average molecular weight is 288 g/mol. The first kappa shape index (κ1) is 13.8. The molecule has 102 valence electrons. The van der Waals surface area contributed by atoms with Gasteiger partial charge in [0.05, 0.1) is 17.7 Å². The molecule has 0 aliphatic rings. The molecule has 0 amide bonds. The van der Waals surface area contributed by atoms with E-state index in [4.69, 9.17) is 15.1 Å². The Morgan fingerprint density at radius 1 is 1.50 bits per heavy atom. The van der Waals surface area contributed by atoms with Crippen LogP contribution in [0.2, 0.25) is 0 Å². The maximum absolute atomic E-state index is 9.16. The number of hydrogen-bond donors (Lipinski definition) is 2. The van der Waals surface area contributed by atoms with Gasteiger partial charge in [-0.3, -0.25) is 5.43 Å². The van der Waals surface area contributed by atoms with Crippen LogP contribution in [0, 0.1) is 11.3 Å². The molecule has 20 heavy (non-hydrogen) atoms. The largest absolute Gasteiger partial charge is 0.494 e. The Balaban J connectivity index is 2.09. The molecule has 7 heteroatoms. The lowest BCUT2D eigenvalue weighted by molar-refractivity contribution is 0.340. The molecule has 2 aromatic rings. The van der Waals surface area contributed by atoms with E-state index in [9.17, 15) is 0 Å². The van der Waals surface area contributed by atoms with Gasteiger partial charge < -0.3 is 9.84 Å². The van der Waals surface area contributed by atoms with Crippen LogP contribution in [0.15, 0.2) is 34.7 Å². The van der Waals surface area contributed by atoms with Crippen molar-refractivity contribution in [1.82, 2.24) is 4.98 Å². The molecule has 0 saturated carbocycles. The Morgan fingerprint density at radius 3 is 2.80 bits per heavy atom. The van der Waals surface area contributed by atoms with Gasteiger partial charge in [0.1, 0.15) is 11.8 Å². The number of aromatic nitrogens is 1. The van der Waals surface area contributed by atoms with E-state index in [0.717, 1.165) is 22.8 Å². The summed E-state index contributed by atoms with van der Waals surface area (Å²) in [5, 5.41) is 24.0. The van der Waals surface area contributed by atoms with Crippen LogP contribution in [0.3, 0.4) is 0 Å². The van der Waals surface area contributed by atoms with Crippen molar-refractivity contribution in [3.63, 3.8) is 0 Å². The molecule has 0 fully saturated rings. The van der Waals surface area contributed by atoms with Crippen molar-refractivity contribution in [2.75, 3.05) is 12.0 Å². The molecule has 0 spiro atoms. The van der Waals surface area contributed by atoms with Crippen LogP contribution in [0.1, 0.15) is 11.9 Å². The topological polar surface area (TPSA) is 90.5 Å². The van der Waals surface area contributed by atoms with Gasteiger partial charge in [0.2, 0.25) is 5.88 Å². The maximum atomic E-state index is 9.16. The maximum Gasteiger partial charge on any atom is 0.222 e. The molecule has 0 radical (unpaired) electrons. The molecule has 1 aromatic carbocycles. The fraction of sp³-hybridized carbons (Fsp3) is 0.154. The normalized spacial score (nSPS) is 10.9. The number of nitriles is 1. The monoisotopic (exact) mass is 288 g/mol. The van der Waals surface area contributed by atoms with Crippen LogP contribution in [0.4, 0.5) is 5.69 Å². The van der Waals surface area contributed by atoms with Crippen molar-refractivity contribution in [2.45, 2.75) is 6.92 Å². The predicted molar refractivity (Wildman–Crippen MR) is 77.2 cm³/mol. The third-order valence-corrected chi connectivity index (χ3v) is 3.10. The second-order valence-corrected chi connectivity index (χ2v) is 4.51. The van der Waals surface area contributed by atoms with E-state index in [1.807, 2.05) is 25.1 Å². The van der Waals surface area contributed by atoms with E-state index >= 15 is 0 Å². The van der Waals surface area contributed by atoms with E-state index in [1.54, 1.807) is 12.1 Å². The highest BCUT2D eigenvalue weighted by atomic mass is 32.1. The van der Waals surface area contributed by atoms with Gasteiger partial charge in [-0.05, 0) is 31.2 Å². The first-order valence-electron chi connectivity index (χ1n) is 5.84. The van der Waals surface area contributed by atoms with Crippen molar-refractivity contribution >= 4 is 22.7 Å². The van der Waals surface area contributed by atoms with Crippen LogP contribution in [0.25, 0.3) is 0 Å². The Morgan fingerprint density at radius 2 is 2.25 bits per heavy atom. The number of benzene rings is 1. The molecule has 0 aliphatic carbocycles. The summed E-state index contributed by atoms with van der Waals surface area (Å²) in [5.74, 6) is 0.654. The number of rotatable bonds is 5. The summed E-state index contributed by atoms with van der Waals surface area (Å²) in [6, 6.07) is 9.14. The second-order valence-electron chi connectivity index (χ2n) is 3.65. The highest BCUT2D eigenvalue weighted by Gasteiger charge is 2.08. The third-order valence-electron chi connectivity index (χ3n) is 2.26. The standard InChI is InChI=1S/C13H12N4O2S/c1-2-19-10-5-3-9(4-6-10)16-17-11(7-14)13-15-12(18)8-20-13/h3-6,8,16,18H,2H2,1H3/b17-11-. The van der Waals surface area contributed by atoms with Crippen molar-refractivity contribution in [1.29, 1.82) is 5.26 Å². The summed E-state index contributed by atoms with van der Waals surface area (Å²) in [7, 11) is 0. The van der Waals surface area contributed by atoms with Crippen LogP contribution >= 0.6 is 11.3 Å². The van der Waals surface area contributed by atoms with Gasteiger partial charge in [0.15, 0.2) is 10.7 Å². The lowest BCUT2D eigenvalue weighted by Crippen LogP contribution is -2.01. The molecule has 0 aliphatic heterocycles. The van der Waals surface area contributed by atoms with Crippen LogP contribution < -0.4 is 10.2 Å². The van der Waals surface area contributed by atoms with Gasteiger partial charge in [0.25, 0.3) is 0 Å². The number of nitrogens with zero attached hydrogens (tertiary/aromatic N) is 3. The van der Waals surface area contributed by atoms with E-state index in [0.29, 0.717) is 11.6 Å².